The van der Waals surface area contributed by atoms with Crippen molar-refractivity contribution in [2.45, 2.75) is 23.8 Å². The number of aromatic nitrogens is 3. The minimum absolute atomic E-state index is 0.112. The number of nitrogens with zero attached hydrogens (tertiary/aromatic N) is 3. The summed E-state index contributed by atoms with van der Waals surface area (Å²) in [5.74, 6) is -0.466. The van der Waals surface area contributed by atoms with E-state index in [0.717, 1.165) is 12.1 Å². The van der Waals surface area contributed by atoms with E-state index in [1.807, 2.05) is 0 Å². The van der Waals surface area contributed by atoms with Gasteiger partial charge in [0.1, 0.15) is 10.7 Å². The van der Waals surface area contributed by atoms with Crippen molar-refractivity contribution in [3.8, 4) is 17.0 Å². The van der Waals surface area contributed by atoms with Crippen molar-refractivity contribution in [1.82, 2.24) is 14.5 Å². The highest BCUT2D eigenvalue weighted by Gasteiger charge is 2.24. The minimum Gasteiger partial charge on any atom is -0.480 e. The van der Waals surface area contributed by atoms with E-state index in [0.29, 0.717) is 48.1 Å². The molecule has 2 aromatic carbocycles. The molecule has 1 saturated heterocycles. The molecule has 4 aromatic rings. The van der Waals surface area contributed by atoms with Gasteiger partial charge in [0, 0.05) is 36.7 Å². The zero-order valence-corrected chi connectivity index (χ0v) is 20.7. The largest absolute Gasteiger partial charge is 0.480 e. The summed E-state index contributed by atoms with van der Waals surface area (Å²) in [5, 5.41) is 0.350. The predicted molar refractivity (Wildman–Crippen MR) is 136 cm³/mol. The average molecular weight is 526 g/mol. The third-order valence-corrected chi connectivity index (χ3v) is 7.59. The number of sulfonamides is 1. The summed E-state index contributed by atoms with van der Waals surface area (Å²) in [6, 6.07) is 11.2. The fourth-order valence-electron chi connectivity index (χ4n) is 4.36. The predicted octanol–water partition coefficient (Wildman–Crippen LogP) is 3.34. The number of ether oxygens (including phenoxy) is 2. The maximum atomic E-state index is 13.4. The van der Waals surface area contributed by atoms with Crippen LogP contribution in [0.2, 0.25) is 0 Å². The minimum atomic E-state index is -4.14. The molecule has 0 atom stereocenters. The quantitative estimate of drug-likeness (QED) is 0.391. The van der Waals surface area contributed by atoms with Gasteiger partial charge in [-0.1, -0.05) is 6.07 Å². The van der Waals surface area contributed by atoms with Gasteiger partial charge < -0.3 is 15.2 Å². The summed E-state index contributed by atoms with van der Waals surface area (Å²) < 4.78 is 54.1. The highest BCUT2D eigenvalue weighted by molar-refractivity contribution is 7.92. The Hall–Kier alpha value is -4.03. The van der Waals surface area contributed by atoms with Crippen LogP contribution in [0, 0.1) is 5.82 Å². The van der Waals surface area contributed by atoms with Crippen LogP contribution in [0.5, 0.6) is 5.88 Å². The molecule has 1 aliphatic heterocycles. The van der Waals surface area contributed by atoms with Gasteiger partial charge in [0.25, 0.3) is 15.6 Å². The number of halogens is 1. The second kappa shape index (κ2) is 9.79. The average Bonchev–Trinajstić information content (AvgIpc) is 2.90. The van der Waals surface area contributed by atoms with Crippen molar-refractivity contribution in [1.29, 1.82) is 0 Å². The van der Waals surface area contributed by atoms with Crippen molar-refractivity contribution in [3.63, 3.8) is 0 Å². The summed E-state index contributed by atoms with van der Waals surface area (Å²) in [6.45, 7) is 1.07. The van der Waals surface area contributed by atoms with Crippen molar-refractivity contribution < 1.29 is 22.3 Å². The Bertz CT molecular complexity index is 1630. The van der Waals surface area contributed by atoms with Gasteiger partial charge in [0.2, 0.25) is 11.8 Å². The number of benzene rings is 2. The van der Waals surface area contributed by atoms with Gasteiger partial charge in [-0.05, 0) is 60.9 Å². The molecule has 0 unspecified atom stereocenters. The number of nitrogen functional groups attached to an aromatic ring is 1. The van der Waals surface area contributed by atoms with E-state index in [9.17, 15) is 17.6 Å². The number of hydrogen-bond acceptors (Lipinski definition) is 8. The van der Waals surface area contributed by atoms with Crippen LogP contribution in [-0.4, -0.2) is 43.3 Å². The number of hydrogen-bond donors (Lipinski definition) is 2. The molecule has 0 radical (unpaired) electrons. The molecule has 3 N–H and O–H groups in total. The number of anilines is 2. The normalized spacial score (nSPS) is 14.5. The van der Waals surface area contributed by atoms with Crippen LogP contribution in [0.1, 0.15) is 18.9 Å². The van der Waals surface area contributed by atoms with Crippen LogP contribution in [-0.2, 0) is 14.8 Å². The second-order valence-electron chi connectivity index (χ2n) is 8.56. The lowest BCUT2D eigenvalue weighted by atomic mass is 10.0. The number of fused-ring (bicyclic) bond motifs is 1. The van der Waals surface area contributed by atoms with Crippen molar-refractivity contribution in [2.75, 3.05) is 30.8 Å². The third-order valence-electron chi connectivity index (χ3n) is 6.21. The fraction of sp³-hybridized carbons (Fsp3) is 0.240. The monoisotopic (exact) mass is 525 g/mol. The van der Waals surface area contributed by atoms with Gasteiger partial charge in [0.05, 0.1) is 18.0 Å². The molecule has 0 bridgehead atoms. The number of methoxy groups -OCH3 is 1. The molecular formula is C25H24FN5O5S. The van der Waals surface area contributed by atoms with E-state index in [-0.39, 0.29) is 34.0 Å². The van der Waals surface area contributed by atoms with Crippen molar-refractivity contribution in [3.05, 3.63) is 70.9 Å². The molecule has 2 aromatic heterocycles. The molecule has 192 valence electrons. The van der Waals surface area contributed by atoms with E-state index in [2.05, 4.69) is 14.7 Å². The first-order valence-electron chi connectivity index (χ1n) is 11.5. The number of rotatable bonds is 6. The van der Waals surface area contributed by atoms with Crippen molar-refractivity contribution in [2.24, 2.45) is 0 Å². The summed E-state index contributed by atoms with van der Waals surface area (Å²) in [7, 11) is -2.83. The van der Waals surface area contributed by atoms with Gasteiger partial charge in [-0.3, -0.25) is 14.1 Å². The number of nitrogens with two attached hydrogens (primary N) is 1. The first-order valence-corrected chi connectivity index (χ1v) is 13.0. The first-order chi connectivity index (χ1) is 17.8. The van der Waals surface area contributed by atoms with E-state index in [1.165, 1.54) is 36.1 Å². The SMILES string of the molecule is COc1ncc(-c2ccc3nc(N)n(C4CCOCC4)c(=O)c3c2)cc1S(=O)(=O)Nc1ccc(F)cc1. The first kappa shape index (κ1) is 24.7. The van der Waals surface area contributed by atoms with Crippen LogP contribution in [0.25, 0.3) is 22.0 Å². The Morgan fingerprint density at radius 1 is 1.11 bits per heavy atom. The zero-order valence-electron chi connectivity index (χ0n) is 19.8. The van der Waals surface area contributed by atoms with Gasteiger partial charge in [-0.25, -0.2) is 22.8 Å². The maximum absolute atomic E-state index is 13.4. The number of nitrogens with one attached hydrogen (secondary N) is 1. The van der Waals surface area contributed by atoms with Crippen molar-refractivity contribution >= 4 is 32.6 Å². The molecule has 3 heterocycles. The second-order valence-corrected chi connectivity index (χ2v) is 10.2. The van der Waals surface area contributed by atoms with E-state index in [4.69, 9.17) is 15.2 Å². The molecule has 0 amide bonds. The molecule has 0 spiro atoms. The molecule has 0 aliphatic carbocycles. The van der Waals surface area contributed by atoms with Crippen LogP contribution < -0.4 is 20.8 Å². The fourth-order valence-corrected chi connectivity index (χ4v) is 5.56. The van der Waals surface area contributed by atoms with Gasteiger partial charge in [-0.2, -0.15) is 0 Å². The van der Waals surface area contributed by atoms with Gasteiger partial charge >= 0.3 is 0 Å². The molecule has 37 heavy (non-hydrogen) atoms. The van der Waals surface area contributed by atoms with E-state index < -0.39 is 15.8 Å². The Morgan fingerprint density at radius 2 is 1.84 bits per heavy atom. The summed E-state index contributed by atoms with van der Waals surface area (Å²) >= 11 is 0. The highest BCUT2D eigenvalue weighted by Crippen LogP contribution is 2.31. The topological polar surface area (TPSA) is 138 Å². The lowest BCUT2D eigenvalue weighted by molar-refractivity contribution is 0.0692. The molecule has 1 aliphatic rings. The third kappa shape index (κ3) is 4.85. The summed E-state index contributed by atoms with van der Waals surface area (Å²) in [5.41, 5.74) is 7.47. The smallest absolute Gasteiger partial charge is 0.267 e. The summed E-state index contributed by atoms with van der Waals surface area (Å²) in [4.78, 5) is 21.8. The van der Waals surface area contributed by atoms with Crippen LogP contribution in [0.3, 0.4) is 0 Å². The molecule has 0 saturated carbocycles. The Balaban J connectivity index is 1.57. The van der Waals surface area contributed by atoms with Gasteiger partial charge in [-0.15, -0.1) is 0 Å². The van der Waals surface area contributed by atoms with E-state index in [1.54, 1.807) is 18.2 Å². The number of pyridine rings is 1. The Morgan fingerprint density at radius 3 is 2.54 bits per heavy atom. The lowest BCUT2D eigenvalue weighted by Gasteiger charge is -2.25. The zero-order chi connectivity index (χ0) is 26.2. The van der Waals surface area contributed by atoms with Crippen LogP contribution >= 0.6 is 0 Å². The van der Waals surface area contributed by atoms with E-state index >= 15 is 0 Å². The maximum Gasteiger partial charge on any atom is 0.267 e. The standard InChI is InChI=1S/C25H24FN5O5S/c1-35-23-22(37(33,34)30-18-5-3-17(26)4-6-18)13-16(14-28-23)15-2-7-21-20(12-15)24(32)31(25(27)29-21)19-8-10-36-11-9-19/h2-7,12-14,19,30H,8-11H2,1H3,(H2,27,29). The highest BCUT2D eigenvalue weighted by atomic mass is 32.2. The molecule has 12 heteroatoms. The molecule has 1 fully saturated rings. The Labute approximate surface area is 211 Å². The Kier molecular flexibility index (Phi) is 6.52. The lowest BCUT2D eigenvalue weighted by Crippen LogP contribution is -2.31. The van der Waals surface area contributed by atoms with Gasteiger partial charge in [0.15, 0.2) is 0 Å². The van der Waals surface area contributed by atoms with Crippen LogP contribution in [0.15, 0.2) is 64.4 Å². The molecular weight excluding hydrogens is 501 g/mol. The molecule has 5 rings (SSSR count). The molecule has 10 nitrogen and oxygen atoms in total. The summed E-state index contributed by atoms with van der Waals surface area (Å²) in [6.07, 6.45) is 2.77. The van der Waals surface area contributed by atoms with Crippen LogP contribution in [0.4, 0.5) is 16.0 Å².